The monoisotopic (exact) mass is 418 g/mol. The van der Waals surface area contributed by atoms with Gasteiger partial charge in [-0.25, -0.2) is 4.98 Å². The van der Waals surface area contributed by atoms with Crippen LogP contribution in [0.15, 0.2) is 11.4 Å². The van der Waals surface area contributed by atoms with Crippen LogP contribution in [0.1, 0.15) is 44.5 Å². The van der Waals surface area contributed by atoms with E-state index in [0.717, 1.165) is 30.6 Å². The smallest absolute Gasteiger partial charge is 0.249 e. The highest BCUT2D eigenvalue weighted by molar-refractivity contribution is 8.01. The van der Waals surface area contributed by atoms with Gasteiger partial charge in [-0.05, 0) is 39.7 Å². The third kappa shape index (κ3) is 3.16. The predicted octanol–water partition coefficient (Wildman–Crippen LogP) is 4.03. The van der Waals surface area contributed by atoms with Gasteiger partial charge in [0.05, 0.1) is 10.6 Å². The molecular weight excluding hydrogens is 392 g/mol. The van der Waals surface area contributed by atoms with Crippen LogP contribution in [0, 0.1) is 13.8 Å². The second kappa shape index (κ2) is 7.22. The van der Waals surface area contributed by atoms with Crippen LogP contribution in [0.2, 0.25) is 0 Å². The van der Waals surface area contributed by atoms with Gasteiger partial charge in [0.1, 0.15) is 6.04 Å². The molecule has 2 atom stereocenters. The summed E-state index contributed by atoms with van der Waals surface area (Å²) in [5.41, 5.74) is 4.43. The number of carbonyl (C=O) groups excluding carboxylic acids is 2. The maximum absolute atomic E-state index is 12.8. The number of thioether (sulfide) groups is 1. The molecule has 0 aromatic carbocycles. The Balaban J connectivity index is 1.51. The molecule has 0 radical (unpaired) electrons. The Kier molecular flexibility index (Phi) is 5.03. The van der Waals surface area contributed by atoms with Crippen molar-refractivity contribution in [1.29, 1.82) is 0 Å². The van der Waals surface area contributed by atoms with Crippen LogP contribution in [0.3, 0.4) is 0 Å². The van der Waals surface area contributed by atoms with E-state index < -0.39 is 6.04 Å². The van der Waals surface area contributed by atoms with E-state index in [1.165, 1.54) is 22.7 Å². The third-order valence-corrected chi connectivity index (χ3v) is 8.04. The number of rotatable bonds is 5. The van der Waals surface area contributed by atoms with Crippen LogP contribution in [0.25, 0.3) is 11.3 Å². The minimum absolute atomic E-state index is 0.0795. The molecular formula is C20H26N4O2S2. The molecule has 0 saturated carbocycles. The van der Waals surface area contributed by atoms with E-state index in [2.05, 4.69) is 48.6 Å². The first-order valence-electron chi connectivity index (χ1n) is 9.73. The number of aryl methyl sites for hydroxylation is 1. The first-order chi connectivity index (χ1) is 13.3. The fraction of sp³-hybridized carbons (Fsp3) is 0.550. The van der Waals surface area contributed by atoms with Crippen molar-refractivity contribution in [2.75, 3.05) is 11.1 Å². The Morgan fingerprint density at radius 1 is 1.43 bits per heavy atom. The Morgan fingerprint density at radius 2 is 2.21 bits per heavy atom. The molecule has 2 aromatic rings. The molecule has 0 unspecified atom stereocenters. The maximum atomic E-state index is 12.8. The summed E-state index contributed by atoms with van der Waals surface area (Å²) >= 11 is 3.13. The van der Waals surface area contributed by atoms with Crippen LogP contribution in [-0.2, 0) is 16.1 Å². The number of nitrogens with zero attached hydrogens (tertiary/aromatic N) is 3. The number of hydrogen-bond acceptors (Lipinski definition) is 5. The number of nitrogens with one attached hydrogen (secondary N) is 1. The Bertz CT molecular complexity index is 935. The molecule has 2 amide bonds. The van der Waals surface area contributed by atoms with Gasteiger partial charge in [0.25, 0.3) is 0 Å². The van der Waals surface area contributed by atoms with Crippen LogP contribution < -0.4 is 5.32 Å². The minimum atomic E-state index is -0.410. The number of thiazole rings is 1. The van der Waals surface area contributed by atoms with Crippen molar-refractivity contribution in [2.45, 2.75) is 64.4 Å². The van der Waals surface area contributed by atoms with Gasteiger partial charge >= 0.3 is 0 Å². The van der Waals surface area contributed by atoms with Gasteiger partial charge < -0.3 is 14.8 Å². The summed E-state index contributed by atoms with van der Waals surface area (Å²) < 4.78 is 2.31. The van der Waals surface area contributed by atoms with Crippen LogP contribution in [0.4, 0.5) is 5.13 Å². The second-order valence-corrected chi connectivity index (χ2v) is 10.1. The number of anilines is 1. The molecule has 28 heavy (non-hydrogen) atoms. The molecule has 2 aromatic heterocycles. The summed E-state index contributed by atoms with van der Waals surface area (Å²) in [6.07, 6.45) is 2.43. The number of amides is 2. The van der Waals surface area contributed by atoms with E-state index in [9.17, 15) is 9.59 Å². The van der Waals surface area contributed by atoms with E-state index >= 15 is 0 Å². The van der Waals surface area contributed by atoms with Crippen LogP contribution in [-0.4, -0.2) is 42.9 Å². The van der Waals surface area contributed by atoms with Crippen molar-refractivity contribution in [3.8, 4) is 11.3 Å². The predicted molar refractivity (Wildman–Crippen MR) is 115 cm³/mol. The zero-order valence-electron chi connectivity index (χ0n) is 16.7. The van der Waals surface area contributed by atoms with Gasteiger partial charge in [-0.3, -0.25) is 9.59 Å². The molecule has 4 heterocycles. The Morgan fingerprint density at radius 3 is 2.96 bits per heavy atom. The van der Waals surface area contributed by atoms with E-state index in [4.69, 9.17) is 0 Å². The quantitative estimate of drug-likeness (QED) is 0.796. The molecule has 150 valence electrons. The highest BCUT2D eigenvalue weighted by Gasteiger charge is 2.52. The Labute approximate surface area is 173 Å². The molecule has 6 nitrogen and oxygen atoms in total. The zero-order chi connectivity index (χ0) is 20.1. The fourth-order valence-corrected chi connectivity index (χ4v) is 6.43. The lowest BCUT2D eigenvalue weighted by Gasteiger charge is -2.29. The number of aromatic nitrogens is 2. The average Bonchev–Trinajstić information content (AvgIpc) is 3.37. The standard InChI is InChI=1S/C20H26N4O2S2/c1-5-8-23-12(2)9-14(13(23)3)15-10-27-19(21-15)22-18(26)16-11-28-20(4)7-6-17(25)24(16)20/h9-10,16H,5-8,11H2,1-4H3,(H,21,22,26)/t16-,20+/m1/s1. The van der Waals surface area contributed by atoms with Gasteiger partial charge in [0.15, 0.2) is 5.13 Å². The highest BCUT2D eigenvalue weighted by Crippen LogP contribution is 2.47. The summed E-state index contributed by atoms with van der Waals surface area (Å²) in [6.45, 7) is 9.46. The number of hydrogen-bond donors (Lipinski definition) is 1. The first-order valence-corrected chi connectivity index (χ1v) is 11.6. The summed E-state index contributed by atoms with van der Waals surface area (Å²) in [5, 5.41) is 5.52. The van der Waals surface area contributed by atoms with Gasteiger partial charge in [-0.1, -0.05) is 6.92 Å². The lowest BCUT2D eigenvalue weighted by atomic mass is 10.2. The van der Waals surface area contributed by atoms with E-state index in [1.54, 1.807) is 16.7 Å². The highest BCUT2D eigenvalue weighted by atomic mass is 32.2. The SMILES string of the molecule is CCCn1c(C)cc(-c2csc(NC(=O)[C@H]3CS[C@@]4(C)CCC(=O)N34)n2)c1C. The first kappa shape index (κ1) is 19.5. The zero-order valence-corrected chi connectivity index (χ0v) is 18.4. The second-order valence-electron chi connectivity index (χ2n) is 7.73. The van der Waals surface area contributed by atoms with Gasteiger partial charge in [-0.2, -0.15) is 0 Å². The van der Waals surface area contributed by atoms with Crippen molar-refractivity contribution in [1.82, 2.24) is 14.5 Å². The normalized spacial score (nSPS) is 24.1. The molecule has 0 aliphatic carbocycles. The number of fused-ring (bicyclic) bond motifs is 1. The maximum Gasteiger partial charge on any atom is 0.249 e. The molecule has 2 aliphatic rings. The average molecular weight is 419 g/mol. The van der Waals surface area contributed by atoms with E-state index in [-0.39, 0.29) is 16.7 Å². The molecule has 0 bridgehead atoms. The number of carbonyl (C=O) groups is 2. The molecule has 2 saturated heterocycles. The van der Waals surface area contributed by atoms with Crippen molar-refractivity contribution >= 4 is 40.0 Å². The summed E-state index contributed by atoms with van der Waals surface area (Å²) in [4.78, 5) is 31.3. The molecule has 2 fully saturated rings. The summed E-state index contributed by atoms with van der Waals surface area (Å²) in [6, 6.07) is 1.75. The fourth-order valence-electron chi connectivity index (χ4n) is 4.29. The molecule has 8 heteroatoms. The topological polar surface area (TPSA) is 67.2 Å². The lowest BCUT2D eigenvalue weighted by Crippen LogP contribution is -2.48. The van der Waals surface area contributed by atoms with Crippen molar-refractivity contribution in [2.24, 2.45) is 0 Å². The van der Waals surface area contributed by atoms with Gasteiger partial charge in [0, 0.05) is 41.0 Å². The van der Waals surface area contributed by atoms with Crippen LogP contribution >= 0.6 is 23.1 Å². The largest absolute Gasteiger partial charge is 0.348 e. The molecule has 0 spiro atoms. The summed E-state index contributed by atoms with van der Waals surface area (Å²) in [7, 11) is 0. The summed E-state index contributed by atoms with van der Waals surface area (Å²) in [5.74, 6) is 0.587. The molecule has 1 N–H and O–H groups in total. The van der Waals surface area contributed by atoms with Gasteiger partial charge in [0.2, 0.25) is 11.8 Å². The minimum Gasteiger partial charge on any atom is -0.348 e. The van der Waals surface area contributed by atoms with Crippen LogP contribution in [0.5, 0.6) is 0 Å². The third-order valence-electron chi connectivity index (χ3n) is 5.78. The van der Waals surface area contributed by atoms with E-state index in [0.29, 0.717) is 17.3 Å². The van der Waals surface area contributed by atoms with Crippen molar-refractivity contribution in [3.63, 3.8) is 0 Å². The molecule has 4 rings (SSSR count). The molecule has 2 aliphatic heterocycles. The lowest BCUT2D eigenvalue weighted by molar-refractivity contribution is -0.135. The van der Waals surface area contributed by atoms with E-state index in [1.807, 2.05) is 5.38 Å². The Hall–Kier alpha value is -1.80. The van der Waals surface area contributed by atoms with Gasteiger partial charge in [-0.15, -0.1) is 23.1 Å². The van der Waals surface area contributed by atoms with Crippen molar-refractivity contribution < 1.29 is 9.59 Å². The van der Waals surface area contributed by atoms with Crippen molar-refractivity contribution in [3.05, 3.63) is 22.8 Å².